The molecule has 0 spiro atoms. The highest BCUT2D eigenvalue weighted by Crippen LogP contribution is 2.36. The number of hydrogen-bond donors (Lipinski definition) is 1. The van der Waals surface area contributed by atoms with Gasteiger partial charge < -0.3 is 14.4 Å². The van der Waals surface area contributed by atoms with Crippen LogP contribution in [0.3, 0.4) is 0 Å². The first-order chi connectivity index (χ1) is 19.5. The van der Waals surface area contributed by atoms with Gasteiger partial charge in [0, 0.05) is 23.0 Å². The number of carbonyl (C=O) groups is 2. The second kappa shape index (κ2) is 10.9. The van der Waals surface area contributed by atoms with Crippen molar-refractivity contribution in [2.75, 3.05) is 19.5 Å². The first-order valence-electron chi connectivity index (χ1n) is 11.7. The smallest absolute Gasteiger partial charge is 0.433 e. The van der Waals surface area contributed by atoms with Crippen molar-refractivity contribution in [3.05, 3.63) is 68.7 Å². The Morgan fingerprint density at radius 1 is 1.02 bits per heavy atom. The van der Waals surface area contributed by atoms with E-state index in [1.807, 2.05) is 0 Å². The van der Waals surface area contributed by atoms with Crippen LogP contribution in [0, 0.1) is 6.92 Å². The van der Waals surface area contributed by atoms with E-state index in [4.69, 9.17) is 21.1 Å². The van der Waals surface area contributed by atoms with Gasteiger partial charge in [-0.2, -0.15) is 13.2 Å². The first-order valence-corrected chi connectivity index (χ1v) is 12.9. The fourth-order valence-corrected chi connectivity index (χ4v) is 5.28. The number of amides is 2. The Bertz CT molecular complexity index is 1660. The molecule has 0 unspecified atom stereocenters. The number of nitrogens with one attached hydrogen (secondary N) is 1. The lowest BCUT2D eigenvalue weighted by Crippen LogP contribution is -2.26. The van der Waals surface area contributed by atoms with Crippen molar-refractivity contribution in [3.63, 3.8) is 0 Å². The van der Waals surface area contributed by atoms with Gasteiger partial charge in [0.2, 0.25) is 11.8 Å². The van der Waals surface area contributed by atoms with E-state index in [0.29, 0.717) is 32.5 Å². The largest absolute Gasteiger partial charge is 0.480 e. The summed E-state index contributed by atoms with van der Waals surface area (Å²) in [5.41, 5.74) is 1.06. The zero-order valence-electron chi connectivity index (χ0n) is 21.5. The van der Waals surface area contributed by atoms with Crippen LogP contribution in [-0.4, -0.2) is 56.1 Å². The standard InChI is InChI=1S/C25H19ClF3N7O4S/c1-11-6-13(14-7-19(26)34-35-22(14)40-3)15(8-30-11)20(37)33-24-31-16-9-36(10-17(16)41-24)23(38)12-4-5-18(25(27,28)29)32-21(12)39-2/h4-8H,9-10H2,1-3H3,(H,31,33,37). The molecule has 4 aromatic heterocycles. The average molecular weight is 606 g/mol. The quantitative estimate of drug-likeness (QED) is 0.329. The molecule has 0 aromatic carbocycles. The van der Waals surface area contributed by atoms with E-state index in [2.05, 4.69) is 30.5 Å². The number of aryl methyl sites for hydroxylation is 1. The van der Waals surface area contributed by atoms with Crippen molar-refractivity contribution < 1.29 is 32.2 Å². The Morgan fingerprint density at radius 3 is 2.46 bits per heavy atom. The number of alkyl halides is 3. The summed E-state index contributed by atoms with van der Waals surface area (Å²) in [6.45, 7) is 1.99. The van der Waals surface area contributed by atoms with Gasteiger partial charge in [0.25, 0.3) is 11.8 Å². The molecule has 1 aliphatic heterocycles. The topological polar surface area (TPSA) is 132 Å². The number of carbonyl (C=O) groups excluding carboxylic acids is 2. The molecule has 2 amide bonds. The van der Waals surface area contributed by atoms with Crippen molar-refractivity contribution in [1.82, 2.24) is 30.0 Å². The van der Waals surface area contributed by atoms with E-state index in [-0.39, 0.29) is 35.2 Å². The number of nitrogens with zero attached hydrogens (tertiary/aromatic N) is 6. The minimum atomic E-state index is -4.68. The number of methoxy groups -OCH3 is 2. The van der Waals surface area contributed by atoms with Gasteiger partial charge in [-0.05, 0) is 31.2 Å². The van der Waals surface area contributed by atoms with Crippen LogP contribution in [-0.2, 0) is 19.3 Å². The molecule has 0 aliphatic carbocycles. The molecular formula is C25H19ClF3N7O4S. The molecule has 11 nitrogen and oxygen atoms in total. The molecule has 5 rings (SSSR count). The number of hydrogen-bond acceptors (Lipinski definition) is 10. The summed E-state index contributed by atoms with van der Waals surface area (Å²) >= 11 is 7.22. The molecule has 0 saturated heterocycles. The lowest BCUT2D eigenvalue weighted by atomic mass is 10.0. The number of anilines is 1. The Morgan fingerprint density at radius 2 is 1.78 bits per heavy atom. The minimum Gasteiger partial charge on any atom is -0.480 e. The Balaban J connectivity index is 1.34. The molecule has 0 saturated carbocycles. The summed E-state index contributed by atoms with van der Waals surface area (Å²) in [5.74, 6) is -1.31. The number of fused-ring (bicyclic) bond motifs is 1. The predicted molar refractivity (Wildman–Crippen MR) is 141 cm³/mol. The maximum Gasteiger partial charge on any atom is 0.433 e. The van der Waals surface area contributed by atoms with E-state index in [1.165, 1.54) is 35.6 Å². The normalized spacial score (nSPS) is 12.7. The van der Waals surface area contributed by atoms with Crippen LogP contribution >= 0.6 is 22.9 Å². The Hall–Kier alpha value is -4.37. The summed E-state index contributed by atoms with van der Waals surface area (Å²) in [6, 6.07) is 4.99. The van der Waals surface area contributed by atoms with Crippen LogP contribution in [0.1, 0.15) is 42.7 Å². The molecule has 0 bridgehead atoms. The second-order valence-corrected chi connectivity index (χ2v) is 10.2. The number of aromatic nitrogens is 5. The van der Waals surface area contributed by atoms with Crippen LogP contribution in [0.2, 0.25) is 5.15 Å². The molecule has 41 heavy (non-hydrogen) atoms. The van der Waals surface area contributed by atoms with E-state index in [0.717, 1.165) is 19.2 Å². The monoisotopic (exact) mass is 605 g/mol. The molecule has 4 aromatic rings. The van der Waals surface area contributed by atoms with Gasteiger partial charge in [-0.15, -0.1) is 10.2 Å². The maximum absolute atomic E-state index is 13.3. The summed E-state index contributed by atoms with van der Waals surface area (Å²) in [6.07, 6.45) is -3.26. The highest BCUT2D eigenvalue weighted by molar-refractivity contribution is 7.16. The highest BCUT2D eigenvalue weighted by atomic mass is 35.5. The van der Waals surface area contributed by atoms with Crippen LogP contribution in [0.5, 0.6) is 11.8 Å². The molecule has 16 heteroatoms. The van der Waals surface area contributed by atoms with E-state index in [9.17, 15) is 22.8 Å². The molecule has 212 valence electrons. The van der Waals surface area contributed by atoms with Gasteiger partial charge in [0.15, 0.2) is 10.3 Å². The van der Waals surface area contributed by atoms with Gasteiger partial charge in [0.1, 0.15) is 11.3 Å². The summed E-state index contributed by atoms with van der Waals surface area (Å²) in [5, 5.41) is 10.9. The lowest BCUT2D eigenvalue weighted by molar-refractivity contribution is -0.141. The lowest BCUT2D eigenvalue weighted by Gasteiger charge is -2.17. The fraction of sp³-hybridized carbons (Fsp3) is 0.240. The van der Waals surface area contributed by atoms with E-state index >= 15 is 0 Å². The number of halogens is 4. The summed E-state index contributed by atoms with van der Waals surface area (Å²) in [7, 11) is 2.56. The number of rotatable bonds is 6. The maximum atomic E-state index is 13.3. The highest BCUT2D eigenvalue weighted by Gasteiger charge is 2.35. The summed E-state index contributed by atoms with van der Waals surface area (Å²) in [4.78, 5) is 40.6. The minimum absolute atomic E-state index is 0.0838. The van der Waals surface area contributed by atoms with Gasteiger partial charge in [0.05, 0.1) is 43.4 Å². The van der Waals surface area contributed by atoms with Crippen molar-refractivity contribution in [1.29, 1.82) is 0 Å². The van der Waals surface area contributed by atoms with Crippen molar-refractivity contribution in [3.8, 4) is 22.9 Å². The summed E-state index contributed by atoms with van der Waals surface area (Å²) < 4.78 is 49.3. The zero-order valence-corrected chi connectivity index (χ0v) is 23.1. The molecule has 1 N–H and O–H groups in total. The van der Waals surface area contributed by atoms with Crippen molar-refractivity contribution in [2.24, 2.45) is 0 Å². The van der Waals surface area contributed by atoms with Crippen LogP contribution < -0.4 is 14.8 Å². The molecule has 0 atom stereocenters. The third kappa shape index (κ3) is 5.63. The number of ether oxygens (including phenoxy) is 2. The predicted octanol–water partition coefficient (Wildman–Crippen LogP) is 4.80. The molecule has 0 fully saturated rings. The Labute approximate surface area is 239 Å². The third-order valence-corrected chi connectivity index (χ3v) is 7.22. The Kier molecular flexibility index (Phi) is 7.48. The second-order valence-electron chi connectivity index (χ2n) is 8.72. The SMILES string of the molecule is COc1nc(C(F)(F)F)ccc1C(=O)N1Cc2nc(NC(=O)c3cnc(C)cc3-c3cc(Cl)nnc3OC)sc2C1. The van der Waals surface area contributed by atoms with Crippen LogP contribution in [0.25, 0.3) is 11.1 Å². The first kappa shape index (κ1) is 28.2. The van der Waals surface area contributed by atoms with Gasteiger partial charge >= 0.3 is 6.18 Å². The van der Waals surface area contributed by atoms with Crippen molar-refractivity contribution >= 4 is 39.9 Å². The van der Waals surface area contributed by atoms with Crippen molar-refractivity contribution in [2.45, 2.75) is 26.2 Å². The third-order valence-electron chi connectivity index (χ3n) is 6.03. The van der Waals surface area contributed by atoms with E-state index in [1.54, 1.807) is 13.0 Å². The van der Waals surface area contributed by atoms with Gasteiger partial charge in [-0.1, -0.05) is 22.9 Å². The number of thiazole rings is 1. The van der Waals surface area contributed by atoms with Gasteiger partial charge in [-0.3, -0.25) is 19.9 Å². The fourth-order valence-electron chi connectivity index (χ4n) is 4.15. The molecule has 5 heterocycles. The van der Waals surface area contributed by atoms with Crippen LogP contribution in [0.4, 0.5) is 18.3 Å². The molecule has 0 radical (unpaired) electrons. The zero-order chi connectivity index (χ0) is 29.5. The van der Waals surface area contributed by atoms with Gasteiger partial charge in [-0.25, -0.2) is 9.97 Å². The molecular weight excluding hydrogens is 587 g/mol. The molecule has 1 aliphatic rings. The average Bonchev–Trinajstić information content (AvgIpc) is 3.50. The number of pyridine rings is 2. The van der Waals surface area contributed by atoms with Crippen LogP contribution in [0.15, 0.2) is 30.5 Å². The van der Waals surface area contributed by atoms with E-state index < -0.39 is 29.6 Å².